The smallest absolute Gasteiger partial charge is 0.254 e. The molecule has 1 unspecified atom stereocenters. The van der Waals surface area contributed by atoms with Gasteiger partial charge in [-0.25, -0.2) is 4.39 Å². The molecule has 1 atom stereocenters. The first kappa shape index (κ1) is 18.1. The van der Waals surface area contributed by atoms with E-state index in [-0.39, 0.29) is 29.1 Å². The number of halogens is 1. The standard InChI is InChI=1S/C21H28FNO2/c1-13(2)20(24)19(15-7-4-3-5-8-15)23-21(25)17-10-6-9-16(18(17)22)14-11-12-14/h6,9-10,13-15,19H,3-5,7-8,11-12H2,1-2H3,(H,23,25). The van der Waals surface area contributed by atoms with E-state index in [9.17, 15) is 14.0 Å². The Balaban J connectivity index is 1.80. The maximum atomic E-state index is 14.7. The molecule has 0 saturated heterocycles. The van der Waals surface area contributed by atoms with Gasteiger partial charge in [-0.3, -0.25) is 9.59 Å². The predicted molar refractivity (Wildman–Crippen MR) is 96.0 cm³/mol. The van der Waals surface area contributed by atoms with Crippen molar-refractivity contribution >= 4 is 11.7 Å². The van der Waals surface area contributed by atoms with Gasteiger partial charge in [0.05, 0.1) is 11.6 Å². The molecule has 25 heavy (non-hydrogen) atoms. The lowest BCUT2D eigenvalue weighted by molar-refractivity contribution is -0.125. The second kappa shape index (κ2) is 7.67. The lowest BCUT2D eigenvalue weighted by atomic mass is 9.80. The normalized spacial score (nSPS) is 19.7. The summed E-state index contributed by atoms with van der Waals surface area (Å²) in [6, 6.07) is 4.53. The van der Waals surface area contributed by atoms with Gasteiger partial charge in [0.2, 0.25) is 0 Å². The number of benzene rings is 1. The summed E-state index contributed by atoms with van der Waals surface area (Å²) in [6.07, 6.45) is 7.24. The first-order valence-corrected chi connectivity index (χ1v) is 9.62. The molecule has 4 heteroatoms. The number of amides is 1. The minimum absolute atomic E-state index is 0.0546. The fourth-order valence-corrected chi connectivity index (χ4v) is 3.90. The Morgan fingerprint density at radius 1 is 1.08 bits per heavy atom. The first-order chi connectivity index (χ1) is 12.0. The van der Waals surface area contributed by atoms with Crippen LogP contribution in [-0.4, -0.2) is 17.7 Å². The molecule has 136 valence electrons. The maximum absolute atomic E-state index is 14.7. The van der Waals surface area contributed by atoms with Crippen LogP contribution in [0.3, 0.4) is 0 Å². The summed E-state index contributed by atoms with van der Waals surface area (Å²) in [5.74, 6) is -0.540. The molecule has 0 radical (unpaired) electrons. The van der Waals surface area contributed by atoms with E-state index in [1.807, 2.05) is 13.8 Å². The number of Topliss-reactive ketones (excluding diaryl/α,β-unsaturated/α-hetero) is 1. The topological polar surface area (TPSA) is 46.2 Å². The fourth-order valence-electron chi connectivity index (χ4n) is 3.90. The zero-order chi connectivity index (χ0) is 18.0. The van der Waals surface area contributed by atoms with Gasteiger partial charge in [-0.1, -0.05) is 45.2 Å². The first-order valence-electron chi connectivity index (χ1n) is 9.62. The molecule has 2 aliphatic rings. The number of ketones is 1. The van der Waals surface area contributed by atoms with Gasteiger partial charge in [0.15, 0.2) is 5.78 Å². The average Bonchev–Trinajstić information content (AvgIpc) is 3.44. The van der Waals surface area contributed by atoms with E-state index in [0.29, 0.717) is 5.56 Å². The summed E-state index contributed by atoms with van der Waals surface area (Å²) < 4.78 is 14.7. The molecule has 1 N–H and O–H groups in total. The molecule has 3 rings (SSSR count). The van der Waals surface area contributed by atoms with Crippen molar-refractivity contribution < 1.29 is 14.0 Å². The van der Waals surface area contributed by atoms with Crippen molar-refractivity contribution in [2.75, 3.05) is 0 Å². The highest BCUT2D eigenvalue weighted by atomic mass is 19.1. The number of carbonyl (C=O) groups excluding carboxylic acids is 2. The minimum Gasteiger partial charge on any atom is -0.342 e. The van der Waals surface area contributed by atoms with Gasteiger partial charge in [0.25, 0.3) is 5.91 Å². The molecule has 1 amide bonds. The monoisotopic (exact) mass is 345 g/mol. The molecule has 0 heterocycles. The van der Waals surface area contributed by atoms with Gasteiger partial charge in [-0.05, 0) is 49.1 Å². The molecular weight excluding hydrogens is 317 g/mol. The van der Waals surface area contributed by atoms with Crippen LogP contribution in [0.4, 0.5) is 4.39 Å². The molecule has 0 aromatic heterocycles. The highest BCUT2D eigenvalue weighted by Crippen LogP contribution is 2.41. The van der Waals surface area contributed by atoms with Crippen molar-refractivity contribution in [1.29, 1.82) is 0 Å². The third-order valence-corrected chi connectivity index (χ3v) is 5.57. The van der Waals surface area contributed by atoms with Crippen LogP contribution in [0.2, 0.25) is 0 Å². The van der Waals surface area contributed by atoms with E-state index in [4.69, 9.17) is 0 Å². The summed E-state index contributed by atoms with van der Waals surface area (Å²) in [5.41, 5.74) is 0.707. The Labute approximate surface area is 149 Å². The maximum Gasteiger partial charge on any atom is 0.254 e. The molecule has 1 aromatic rings. The SMILES string of the molecule is CC(C)C(=O)C(NC(=O)c1cccc(C2CC2)c1F)C1CCCCC1. The van der Waals surface area contributed by atoms with Gasteiger partial charge in [0, 0.05) is 5.92 Å². The molecule has 0 bridgehead atoms. The van der Waals surface area contributed by atoms with E-state index in [0.717, 1.165) is 38.5 Å². The molecule has 2 saturated carbocycles. The van der Waals surface area contributed by atoms with Crippen molar-refractivity contribution in [2.45, 2.75) is 70.8 Å². The van der Waals surface area contributed by atoms with Gasteiger partial charge < -0.3 is 5.32 Å². The van der Waals surface area contributed by atoms with Crippen LogP contribution in [0.15, 0.2) is 18.2 Å². The van der Waals surface area contributed by atoms with Gasteiger partial charge in [-0.2, -0.15) is 0 Å². The second-order valence-electron chi connectivity index (χ2n) is 7.89. The van der Waals surface area contributed by atoms with Gasteiger partial charge in [-0.15, -0.1) is 0 Å². The molecule has 2 fully saturated rings. The lowest BCUT2D eigenvalue weighted by Gasteiger charge is -2.31. The van der Waals surface area contributed by atoms with Gasteiger partial charge >= 0.3 is 0 Å². The third kappa shape index (κ3) is 4.10. The highest BCUT2D eigenvalue weighted by Gasteiger charge is 2.34. The largest absolute Gasteiger partial charge is 0.342 e. The van der Waals surface area contributed by atoms with Crippen LogP contribution < -0.4 is 5.32 Å². The number of nitrogens with one attached hydrogen (secondary N) is 1. The average molecular weight is 345 g/mol. The quantitative estimate of drug-likeness (QED) is 0.818. The molecule has 3 nitrogen and oxygen atoms in total. The van der Waals surface area contributed by atoms with Crippen molar-refractivity contribution in [3.63, 3.8) is 0 Å². The minimum atomic E-state index is -0.503. The molecule has 1 aromatic carbocycles. The van der Waals surface area contributed by atoms with Crippen molar-refractivity contribution in [2.24, 2.45) is 11.8 Å². The summed E-state index contributed by atoms with van der Waals surface area (Å²) in [6.45, 7) is 3.72. The summed E-state index contributed by atoms with van der Waals surface area (Å²) in [7, 11) is 0. The molecular formula is C21H28FNO2. The summed E-state index contributed by atoms with van der Waals surface area (Å²) in [4.78, 5) is 25.4. The predicted octanol–water partition coefficient (Wildman–Crippen LogP) is 4.61. The van der Waals surface area contributed by atoms with Crippen LogP contribution in [0, 0.1) is 17.7 Å². The van der Waals surface area contributed by atoms with E-state index in [1.54, 1.807) is 12.1 Å². The summed E-state index contributed by atoms with van der Waals surface area (Å²) in [5, 5.41) is 2.88. The lowest BCUT2D eigenvalue weighted by Crippen LogP contribution is -2.48. The van der Waals surface area contributed by atoms with E-state index in [1.165, 1.54) is 12.5 Å². The van der Waals surface area contributed by atoms with E-state index >= 15 is 0 Å². The van der Waals surface area contributed by atoms with Crippen LogP contribution in [0.5, 0.6) is 0 Å². The number of carbonyl (C=O) groups is 2. The van der Waals surface area contributed by atoms with Crippen LogP contribution in [0.25, 0.3) is 0 Å². The van der Waals surface area contributed by atoms with Crippen molar-refractivity contribution in [1.82, 2.24) is 5.32 Å². The highest BCUT2D eigenvalue weighted by molar-refractivity contribution is 5.98. The van der Waals surface area contributed by atoms with Crippen molar-refractivity contribution in [3.05, 3.63) is 35.1 Å². The Morgan fingerprint density at radius 3 is 2.36 bits per heavy atom. The molecule has 2 aliphatic carbocycles. The van der Waals surface area contributed by atoms with Crippen LogP contribution in [0.1, 0.15) is 80.6 Å². The van der Waals surface area contributed by atoms with E-state index in [2.05, 4.69) is 5.32 Å². The Morgan fingerprint density at radius 2 is 1.76 bits per heavy atom. The van der Waals surface area contributed by atoms with E-state index < -0.39 is 17.8 Å². The zero-order valence-electron chi connectivity index (χ0n) is 15.2. The number of hydrogen-bond acceptors (Lipinski definition) is 2. The third-order valence-electron chi connectivity index (χ3n) is 5.57. The zero-order valence-corrected chi connectivity index (χ0v) is 15.2. The number of hydrogen-bond donors (Lipinski definition) is 1. The Kier molecular flexibility index (Phi) is 5.55. The van der Waals surface area contributed by atoms with Crippen LogP contribution in [-0.2, 0) is 4.79 Å². The Bertz CT molecular complexity index is 645. The molecule has 0 spiro atoms. The molecule has 0 aliphatic heterocycles. The second-order valence-corrected chi connectivity index (χ2v) is 7.89. The Hall–Kier alpha value is -1.71. The van der Waals surface area contributed by atoms with Gasteiger partial charge in [0.1, 0.15) is 5.82 Å². The van der Waals surface area contributed by atoms with Crippen LogP contribution >= 0.6 is 0 Å². The van der Waals surface area contributed by atoms with Crippen molar-refractivity contribution in [3.8, 4) is 0 Å². The summed E-state index contributed by atoms with van der Waals surface area (Å²) >= 11 is 0. The fraction of sp³-hybridized carbons (Fsp3) is 0.619. The number of rotatable bonds is 6.